The van der Waals surface area contributed by atoms with Crippen LogP contribution in [0.2, 0.25) is 0 Å². The summed E-state index contributed by atoms with van der Waals surface area (Å²) >= 11 is 1.54. The molecule has 0 unspecified atom stereocenters. The summed E-state index contributed by atoms with van der Waals surface area (Å²) in [6.45, 7) is 3.82. The second kappa shape index (κ2) is 9.58. The number of rotatable bonds is 5. The van der Waals surface area contributed by atoms with E-state index in [1.54, 1.807) is 13.2 Å². The molecule has 0 spiro atoms. The van der Waals surface area contributed by atoms with Gasteiger partial charge in [0.2, 0.25) is 0 Å². The van der Waals surface area contributed by atoms with Crippen molar-refractivity contribution in [2.75, 3.05) is 48.4 Å². The molecule has 6 nitrogen and oxygen atoms in total. The Morgan fingerprint density at radius 2 is 1.66 bits per heavy atom. The molecule has 9 heteroatoms. The van der Waals surface area contributed by atoms with E-state index in [1.807, 2.05) is 12.4 Å². The van der Waals surface area contributed by atoms with E-state index >= 15 is 0 Å². The number of nitrogens with zero attached hydrogens (tertiary/aromatic N) is 4. The maximum absolute atomic E-state index is 13.7. The highest BCUT2D eigenvalue weighted by Gasteiger charge is 2.18. The highest BCUT2D eigenvalue weighted by Crippen LogP contribution is 2.34. The molecule has 3 heterocycles. The molecule has 1 aliphatic rings. The molecule has 0 aliphatic carbocycles. The zero-order valence-corrected chi connectivity index (χ0v) is 19.1. The molecule has 32 heavy (non-hydrogen) atoms. The monoisotopic (exact) mass is 471 g/mol. The van der Waals surface area contributed by atoms with Gasteiger partial charge in [-0.05, 0) is 42.5 Å². The van der Waals surface area contributed by atoms with Gasteiger partial charge in [-0.3, -0.25) is 4.98 Å². The van der Waals surface area contributed by atoms with Crippen molar-refractivity contribution in [2.24, 2.45) is 0 Å². The Morgan fingerprint density at radius 3 is 2.38 bits per heavy atom. The van der Waals surface area contributed by atoms with Crippen LogP contribution >= 0.6 is 23.7 Å². The summed E-state index contributed by atoms with van der Waals surface area (Å²) in [5.74, 6) is 0.256. The summed E-state index contributed by atoms with van der Waals surface area (Å²) < 4.78 is 20.1. The molecule has 4 aromatic rings. The Labute approximate surface area is 196 Å². The van der Waals surface area contributed by atoms with Gasteiger partial charge in [0.15, 0.2) is 5.13 Å². The summed E-state index contributed by atoms with van der Waals surface area (Å²) in [4.78, 5) is 13.6. The van der Waals surface area contributed by atoms with Gasteiger partial charge in [-0.25, -0.2) is 9.37 Å². The van der Waals surface area contributed by atoms with Gasteiger partial charge in [-0.2, -0.15) is 0 Å². The van der Waals surface area contributed by atoms with Crippen molar-refractivity contribution in [3.05, 3.63) is 66.7 Å². The number of pyridine rings is 1. The van der Waals surface area contributed by atoms with Crippen LogP contribution in [-0.4, -0.2) is 43.3 Å². The van der Waals surface area contributed by atoms with E-state index in [2.05, 4.69) is 50.4 Å². The number of methoxy groups -OCH3 is 1. The lowest BCUT2D eigenvalue weighted by molar-refractivity contribution is 0.416. The van der Waals surface area contributed by atoms with Crippen LogP contribution in [0.15, 0.2) is 60.9 Å². The number of anilines is 4. The van der Waals surface area contributed by atoms with Crippen LogP contribution in [-0.2, 0) is 0 Å². The number of nitrogens with one attached hydrogen (secondary N) is 1. The molecule has 0 atom stereocenters. The van der Waals surface area contributed by atoms with Gasteiger partial charge in [-0.15, -0.1) is 12.4 Å². The Morgan fingerprint density at radius 1 is 0.938 bits per heavy atom. The summed E-state index contributed by atoms with van der Waals surface area (Å²) in [6.07, 6.45) is 3.67. The van der Waals surface area contributed by atoms with Crippen LogP contribution in [0, 0.1) is 5.82 Å². The molecule has 0 bridgehead atoms. The lowest BCUT2D eigenvalue weighted by atomic mass is 10.2. The number of halogens is 2. The van der Waals surface area contributed by atoms with Gasteiger partial charge >= 0.3 is 0 Å². The van der Waals surface area contributed by atoms with Crippen LogP contribution in [0.5, 0.6) is 5.75 Å². The maximum atomic E-state index is 13.7. The molecule has 1 N–H and O–H groups in total. The zero-order chi connectivity index (χ0) is 21.2. The quantitative estimate of drug-likeness (QED) is 0.424. The average Bonchev–Trinajstić information content (AvgIpc) is 3.21. The summed E-state index contributed by atoms with van der Waals surface area (Å²) in [5, 5.41) is 3.90. The molecular formula is C23H23ClFN5OS. The van der Waals surface area contributed by atoms with Crippen LogP contribution in [0.4, 0.5) is 26.6 Å². The Balaban J connectivity index is 0.00000245. The molecule has 0 saturated carbocycles. The van der Waals surface area contributed by atoms with E-state index in [1.165, 1.54) is 34.8 Å². The molecule has 166 valence electrons. The summed E-state index contributed by atoms with van der Waals surface area (Å²) in [5.41, 5.74) is 3.88. The van der Waals surface area contributed by atoms with E-state index in [0.29, 0.717) is 16.6 Å². The Hall–Kier alpha value is -3.10. The Kier molecular flexibility index (Phi) is 6.62. The van der Waals surface area contributed by atoms with Gasteiger partial charge < -0.3 is 19.9 Å². The number of aromatic nitrogens is 2. The first-order valence-electron chi connectivity index (χ1n) is 10.1. The largest absolute Gasteiger partial charge is 0.495 e. The van der Waals surface area contributed by atoms with Crippen molar-refractivity contribution < 1.29 is 9.13 Å². The predicted molar refractivity (Wildman–Crippen MR) is 132 cm³/mol. The second-order valence-electron chi connectivity index (χ2n) is 7.32. The summed E-state index contributed by atoms with van der Waals surface area (Å²) in [7, 11) is 1.57. The number of hydrogen-bond acceptors (Lipinski definition) is 7. The molecule has 0 radical (unpaired) electrons. The van der Waals surface area contributed by atoms with Gasteiger partial charge in [-0.1, -0.05) is 11.3 Å². The molecular weight excluding hydrogens is 449 g/mol. The van der Waals surface area contributed by atoms with Gasteiger partial charge in [0.1, 0.15) is 11.6 Å². The number of benzene rings is 2. The third-order valence-electron chi connectivity index (χ3n) is 5.45. The minimum atomic E-state index is -0.322. The minimum Gasteiger partial charge on any atom is -0.495 e. The molecule has 1 saturated heterocycles. The van der Waals surface area contributed by atoms with Crippen molar-refractivity contribution >= 4 is 56.2 Å². The highest BCUT2D eigenvalue weighted by molar-refractivity contribution is 7.22. The number of thiazole rings is 1. The van der Waals surface area contributed by atoms with Crippen molar-refractivity contribution in [1.82, 2.24) is 9.97 Å². The fourth-order valence-electron chi connectivity index (χ4n) is 3.84. The van der Waals surface area contributed by atoms with E-state index in [0.717, 1.165) is 36.4 Å². The first-order valence-corrected chi connectivity index (χ1v) is 10.9. The zero-order valence-electron chi connectivity index (χ0n) is 17.5. The number of ether oxygens (including phenoxy) is 1. The molecule has 5 rings (SSSR count). The molecule has 2 aromatic heterocycles. The Bertz CT molecular complexity index is 1200. The fourth-order valence-corrected chi connectivity index (χ4v) is 4.70. The first-order chi connectivity index (χ1) is 15.2. The van der Waals surface area contributed by atoms with E-state index in [-0.39, 0.29) is 18.2 Å². The molecule has 2 aromatic carbocycles. The van der Waals surface area contributed by atoms with E-state index < -0.39 is 0 Å². The van der Waals surface area contributed by atoms with Crippen LogP contribution in [0.3, 0.4) is 0 Å². The average molecular weight is 472 g/mol. The lowest BCUT2D eigenvalue weighted by Gasteiger charge is -2.37. The van der Waals surface area contributed by atoms with Crippen LogP contribution in [0.1, 0.15) is 0 Å². The fraction of sp³-hybridized carbons (Fsp3) is 0.217. The molecule has 0 amide bonds. The molecule has 1 fully saturated rings. The van der Waals surface area contributed by atoms with Crippen molar-refractivity contribution in [3.63, 3.8) is 0 Å². The smallest absolute Gasteiger partial charge is 0.188 e. The third-order valence-corrected chi connectivity index (χ3v) is 6.40. The first kappa shape index (κ1) is 22.1. The van der Waals surface area contributed by atoms with Gasteiger partial charge in [0.05, 0.1) is 23.0 Å². The molecule has 1 aliphatic heterocycles. The van der Waals surface area contributed by atoms with E-state index in [9.17, 15) is 4.39 Å². The maximum Gasteiger partial charge on any atom is 0.188 e. The normalized spacial score (nSPS) is 13.7. The van der Waals surface area contributed by atoms with Crippen LogP contribution in [0.25, 0.3) is 10.2 Å². The minimum absolute atomic E-state index is 0. The number of hydrogen-bond donors (Lipinski definition) is 1. The van der Waals surface area contributed by atoms with Crippen molar-refractivity contribution in [3.8, 4) is 5.75 Å². The number of piperazine rings is 1. The topological polar surface area (TPSA) is 53.5 Å². The van der Waals surface area contributed by atoms with Gasteiger partial charge in [0, 0.05) is 56.0 Å². The van der Waals surface area contributed by atoms with Crippen LogP contribution < -0.4 is 19.9 Å². The second-order valence-corrected chi connectivity index (χ2v) is 8.35. The third kappa shape index (κ3) is 4.56. The SMILES string of the molecule is COc1ccc(F)cc1Nc1nc2cc(N3CCN(c4ccncc4)CC3)ccc2s1.Cl. The number of fused-ring (bicyclic) bond motifs is 1. The van der Waals surface area contributed by atoms with Crippen molar-refractivity contribution in [2.45, 2.75) is 0 Å². The van der Waals surface area contributed by atoms with Gasteiger partial charge in [0.25, 0.3) is 0 Å². The predicted octanol–water partition coefficient (Wildman–Crippen LogP) is 5.33. The standard InChI is InChI=1S/C23H22FN5OS.ClH/c1-30-21-4-2-16(24)14-19(21)26-23-27-20-15-18(3-5-22(20)31-23)29-12-10-28(11-13-29)17-6-8-25-9-7-17;/h2-9,14-15H,10-13H2,1H3,(H,26,27);1H. The lowest BCUT2D eigenvalue weighted by Crippen LogP contribution is -2.46. The summed E-state index contributed by atoms with van der Waals surface area (Å²) in [6, 6.07) is 14.9. The highest BCUT2D eigenvalue weighted by atomic mass is 35.5. The van der Waals surface area contributed by atoms with Crippen molar-refractivity contribution in [1.29, 1.82) is 0 Å². The van der Waals surface area contributed by atoms with E-state index in [4.69, 9.17) is 9.72 Å².